The Morgan fingerprint density at radius 2 is 1.97 bits per heavy atom. The van der Waals surface area contributed by atoms with Gasteiger partial charge in [0, 0.05) is 23.6 Å². The Balaban J connectivity index is 1.47. The van der Waals surface area contributed by atoms with Crippen LogP contribution >= 0.6 is 22.7 Å². The molecule has 3 aromatic rings. The fraction of sp³-hybridized carbons (Fsp3) is 0.261. The van der Waals surface area contributed by atoms with Crippen molar-refractivity contribution in [1.29, 1.82) is 0 Å². The van der Waals surface area contributed by atoms with Crippen LogP contribution in [0.2, 0.25) is 0 Å². The number of hydrazone groups is 1. The van der Waals surface area contributed by atoms with Crippen LogP contribution in [0.25, 0.3) is 10.6 Å². The number of amides is 2. The molecule has 2 amide bonds. The molecule has 9 nitrogen and oxygen atoms in total. The zero-order chi connectivity index (χ0) is 24.1. The Labute approximate surface area is 204 Å². The lowest BCUT2D eigenvalue weighted by molar-refractivity contribution is -0.135. The average molecular weight is 498 g/mol. The second-order valence-electron chi connectivity index (χ2n) is 7.37. The minimum Gasteiger partial charge on any atom is -0.461 e. The predicted octanol–water partition coefficient (Wildman–Crippen LogP) is 3.64. The van der Waals surface area contributed by atoms with Crippen molar-refractivity contribution >= 4 is 57.0 Å². The highest BCUT2D eigenvalue weighted by Gasteiger charge is 2.37. The highest BCUT2D eigenvalue weighted by molar-refractivity contribution is 7.17. The monoisotopic (exact) mass is 497 g/mol. The van der Waals surface area contributed by atoms with Gasteiger partial charge >= 0.3 is 5.97 Å². The molecule has 0 aliphatic carbocycles. The van der Waals surface area contributed by atoms with Crippen molar-refractivity contribution in [1.82, 2.24) is 10.3 Å². The van der Waals surface area contributed by atoms with E-state index in [1.807, 2.05) is 47.8 Å². The third kappa shape index (κ3) is 5.49. The van der Waals surface area contributed by atoms with Gasteiger partial charge in [0.1, 0.15) is 11.8 Å². The molecule has 1 aliphatic rings. The molecular formula is C23H23N5O4S2. The number of benzene rings is 1. The molecule has 11 heteroatoms. The van der Waals surface area contributed by atoms with E-state index in [1.54, 1.807) is 11.9 Å². The molecule has 1 atom stereocenters. The maximum absolute atomic E-state index is 13.2. The Morgan fingerprint density at radius 3 is 2.71 bits per heavy atom. The van der Waals surface area contributed by atoms with Crippen molar-refractivity contribution in [3.05, 3.63) is 52.7 Å². The normalized spacial score (nSPS) is 15.1. The smallest absolute Gasteiger partial charge is 0.354 e. The lowest BCUT2D eigenvalue weighted by Crippen LogP contribution is -2.38. The van der Waals surface area contributed by atoms with E-state index in [0.29, 0.717) is 17.4 Å². The molecule has 3 heterocycles. The molecule has 176 valence electrons. The summed E-state index contributed by atoms with van der Waals surface area (Å²) in [5, 5.41) is 13.9. The highest BCUT2D eigenvalue weighted by Crippen LogP contribution is 2.32. The van der Waals surface area contributed by atoms with Gasteiger partial charge in [-0.25, -0.2) is 9.78 Å². The number of para-hydroxylation sites is 1. The van der Waals surface area contributed by atoms with E-state index in [-0.39, 0.29) is 30.6 Å². The molecule has 0 radical (unpaired) electrons. The average Bonchev–Trinajstić information content (AvgIpc) is 3.57. The zero-order valence-corrected chi connectivity index (χ0v) is 20.2. The summed E-state index contributed by atoms with van der Waals surface area (Å²) in [7, 11) is 0. The Bertz CT molecular complexity index is 1220. The number of hydrogen-bond acceptors (Lipinski definition) is 9. The molecule has 2 aromatic heterocycles. The number of aromatic nitrogens is 1. The van der Waals surface area contributed by atoms with Crippen LogP contribution in [0.15, 0.2) is 52.9 Å². The van der Waals surface area contributed by atoms with Crippen LogP contribution in [-0.2, 0) is 25.7 Å². The third-order valence-corrected chi connectivity index (χ3v) is 6.77. The summed E-state index contributed by atoms with van der Waals surface area (Å²) in [4.78, 5) is 43.0. The summed E-state index contributed by atoms with van der Waals surface area (Å²) < 4.78 is 5.08. The maximum atomic E-state index is 13.2. The van der Waals surface area contributed by atoms with E-state index in [2.05, 4.69) is 20.7 Å². The van der Waals surface area contributed by atoms with Gasteiger partial charge in [-0.3, -0.25) is 14.6 Å². The summed E-state index contributed by atoms with van der Waals surface area (Å²) in [5.41, 5.74) is 1.65. The van der Waals surface area contributed by atoms with Gasteiger partial charge in [-0.15, -0.1) is 22.7 Å². The Hall–Kier alpha value is -3.57. The molecule has 1 aromatic carbocycles. The van der Waals surface area contributed by atoms with Gasteiger partial charge in [-0.2, -0.15) is 5.10 Å². The number of nitrogens with zero attached hydrogens (tertiary/aromatic N) is 3. The van der Waals surface area contributed by atoms with E-state index >= 15 is 0 Å². The van der Waals surface area contributed by atoms with Crippen molar-refractivity contribution in [2.24, 2.45) is 5.10 Å². The number of ether oxygens (including phenoxy) is 1. The number of nitrogens with one attached hydrogen (secondary N) is 2. The first-order valence-corrected chi connectivity index (χ1v) is 12.3. The van der Waals surface area contributed by atoms with Crippen molar-refractivity contribution in [2.45, 2.75) is 32.9 Å². The van der Waals surface area contributed by atoms with Gasteiger partial charge < -0.3 is 15.4 Å². The molecule has 0 saturated heterocycles. The Kier molecular flexibility index (Phi) is 7.33. The molecule has 0 spiro atoms. The van der Waals surface area contributed by atoms with E-state index in [9.17, 15) is 14.4 Å². The first-order valence-electron chi connectivity index (χ1n) is 10.6. The molecule has 2 N–H and O–H groups in total. The number of anilines is 2. The summed E-state index contributed by atoms with van der Waals surface area (Å²) >= 11 is 2.85. The van der Waals surface area contributed by atoms with E-state index in [0.717, 1.165) is 15.4 Å². The molecule has 4 rings (SSSR count). The Morgan fingerprint density at radius 1 is 1.18 bits per heavy atom. The molecule has 0 bridgehead atoms. The topological polar surface area (TPSA) is 113 Å². The second kappa shape index (κ2) is 10.6. The second-order valence-corrected chi connectivity index (χ2v) is 9.40. The lowest BCUT2D eigenvalue weighted by atomic mass is 10.1. The van der Waals surface area contributed by atoms with E-state index < -0.39 is 12.0 Å². The van der Waals surface area contributed by atoms with Crippen LogP contribution in [0.1, 0.15) is 25.1 Å². The summed E-state index contributed by atoms with van der Waals surface area (Å²) in [6.07, 6.45) is 0.134. The fourth-order valence-corrected chi connectivity index (χ4v) is 5.02. The molecule has 34 heavy (non-hydrogen) atoms. The number of carbonyl (C=O) groups excluding carboxylic acids is 3. The first-order chi connectivity index (χ1) is 16.4. The van der Waals surface area contributed by atoms with Gasteiger partial charge in [0.2, 0.25) is 5.91 Å². The number of hydrogen-bond donors (Lipinski definition) is 2. The summed E-state index contributed by atoms with van der Waals surface area (Å²) in [6, 6.07) is 12.4. The van der Waals surface area contributed by atoms with Crippen LogP contribution in [0.4, 0.5) is 10.8 Å². The van der Waals surface area contributed by atoms with E-state index in [4.69, 9.17) is 4.74 Å². The third-order valence-electron chi connectivity index (χ3n) is 4.90. The molecule has 0 saturated carbocycles. The van der Waals surface area contributed by atoms with Crippen LogP contribution in [0.3, 0.4) is 0 Å². The van der Waals surface area contributed by atoms with Gasteiger partial charge in [0.05, 0.1) is 29.4 Å². The van der Waals surface area contributed by atoms with Crippen LogP contribution in [-0.4, -0.2) is 41.1 Å². The quantitative estimate of drug-likeness (QED) is 0.460. The highest BCUT2D eigenvalue weighted by atomic mass is 32.1. The molecule has 0 fully saturated rings. The number of esters is 1. The standard InChI is InChI=1S/C23H23N5O4S2/c1-3-32-22(31)17-11-19(28(27-17)15-7-5-4-6-8-15)21(30)26-23-25-18(13-33-23)20-10-9-16(34-20)12-24-14(2)29/h4-10,13,19H,3,11-12H2,1-2H3,(H,24,29)(H,25,26,30). The molecular weight excluding hydrogens is 474 g/mol. The van der Waals surface area contributed by atoms with Crippen molar-refractivity contribution in [3.8, 4) is 10.6 Å². The SMILES string of the molecule is CCOC(=O)C1=NN(c2ccccc2)C(C(=O)Nc2nc(-c3ccc(CNC(C)=O)s3)cs2)C1. The van der Waals surface area contributed by atoms with Gasteiger partial charge in [0.25, 0.3) is 5.91 Å². The largest absolute Gasteiger partial charge is 0.461 e. The lowest BCUT2D eigenvalue weighted by Gasteiger charge is -2.22. The number of rotatable bonds is 8. The molecule has 1 aliphatic heterocycles. The van der Waals surface area contributed by atoms with Crippen LogP contribution < -0.4 is 15.6 Å². The summed E-state index contributed by atoms with van der Waals surface area (Å²) in [6.45, 7) is 3.90. The minimum absolute atomic E-state index is 0.0832. The maximum Gasteiger partial charge on any atom is 0.354 e. The molecule has 1 unspecified atom stereocenters. The van der Waals surface area contributed by atoms with Crippen molar-refractivity contribution < 1.29 is 19.1 Å². The van der Waals surface area contributed by atoms with Crippen molar-refractivity contribution in [2.75, 3.05) is 16.9 Å². The van der Waals surface area contributed by atoms with E-state index in [1.165, 1.54) is 29.6 Å². The van der Waals surface area contributed by atoms with Gasteiger partial charge in [0.15, 0.2) is 5.13 Å². The fourth-order valence-electron chi connectivity index (χ4n) is 3.33. The van der Waals surface area contributed by atoms with Gasteiger partial charge in [-0.1, -0.05) is 18.2 Å². The van der Waals surface area contributed by atoms with Crippen LogP contribution in [0.5, 0.6) is 0 Å². The first kappa shape index (κ1) is 23.6. The van der Waals surface area contributed by atoms with Crippen LogP contribution in [0, 0.1) is 0 Å². The zero-order valence-electron chi connectivity index (χ0n) is 18.6. The number of thiophene rings is 1. The summed E-state index contributed by atoms with van der Waals surface area (Å²) in [5.74, 6) is -0.923. The van der Waals surface area contributed by atoms with Crippen molar-refractivity contribution in [3.63, 3.8) is 0 Å². The van der Waals surface area contributed by atoms with Gasteiger partial charge in [-0.05, 0) is 31.2 Å². The number of carbonyl (C=O) groups is 3. The number of thiazole rings is 1. The minimum atomic E-state index is -0.708. The predicted molar refractivity (Wildman–Crippen MR) is 133 cm³/mol.